The van der Waals surface area contributed by atoms with Crippen LogP contribution in [0.4, 0.5) is 17.6 Å². The van der Waals surface area contributed by atoms with Crippen LogP contribution in [0, 0.1) is 12.7 Å². The van der Waals surface area contributed by atoms with E-state index >= 15 is 0 Å². The first kappa shape index (κ1) is 12.9. The Morgan fingerprint density at radius 2 is 1.89 bits per heavy atom. The first-order valence-electron chi connectivity index (χ1n) is 4.88. The predicted molar refractivity (Wildman–Crippen MR) is 58.3 cm³/mol. The van der Waals surface area contributed by atoms with Crippen LogP contribution >= 0.6 is 11.6 Å². The molecule has 0 amide bonds. The lowest BCUT2D eigenvalue weighted by Crippen LogP contribution is -2.07. The fourth-order valence-electron chi connectivity index (χ4n) is 1.52. The van der Waals surface area contributed by atoms with E-state index in [1.807, 2.05) is 0 Å². The SMILES string of the molecule is Cc1cc(F)ccc1-n1nc(C(F)(F)F)cc1Cl. The third-order valence-electron chi connectivity index (χ3n) is 2.34. The van der Waals surface area contributed by atoms with Crippen LogP contribution in [0.25, 0.3) is 5.69 Å². The van der Waals surface area contributed by atoms with Crippen molar-refractivity contribution in [1.82, 2.24) is 9.78 Å². The zero-order valence-electron chi connectivity index (χ0n) is 9.09. The first-order valence-corrected chi connectivity index (χ1v) is 5.26. The van der Waals surface area contributed by atoms with Gasteiger partial charge in [0.05, 0.1) is 5.69 Å². The van der Waals surface area contributed by atoms with Gasteiger partial charge in [-0.1, -0.05) is 11.6 Å². The highest BCUT2D eigenvalue weighted by Gasteiger charge is 2.35. The zero-order chi connectivity index (χ0) is 13.5. The van der Waals surface area contributed by atoms with Gasteiger partial charge in [-0.25, -0.2) is 9.07 Å². The summed E-state index contributed by atoms with van der Waals surface area (Å²) >= 11 is 5.70. The van der Waals surface area contributed by atoms with Crippen LogP contribution < -0.4 is 0 Å². The second-order valence-corrected chi connectivity index (χ2v) is 4.08. The lowest BCUT2D eigenvalue weighted by molar-refractivity contribution is -0.141. The van der Waals surface area contributed by atoms with Crippen molar-refractivity contribution in [2.75, 3.05) is 0 Å². The summed E-state index contributed by atoms with van der Waals surface area (Å²) in [6, 6.07) is 4.38. The minimum Gasteiger partial charge on any atom is -0.221 e. The highest BCUT2D eigenvalue weighted by molar-refractivity contribution is 6.29. The van der Waals surface area contributed by atoms with Gasteiger partial charge < -0.3 is 0 Å². The summed E-state index contributed by atoms with van der Waals surface area (Å²) < 4.78 is 51.2. The normalized spacial score (nSPS) is 11.9. The van der Waals surface area contributed by atoms with Crippen LogP contribution in [0.2, 0.25) is 5.15 Å². The fourth-order valence-corrected chi connectivity index (χ4v) is 1.75. The van der Waals surface area contributed by atoms with Crippen LogP contribution in [0.1, 0.15) is 11.3 Å². The number of halogens is 5. The Hall–Kier alpha value is -1.56. The molecule has 1 aromatic carbocycles. The van der Waals surface area contributed by atoms with Gasteiger partial charge in [-0.05, 0) is 30.7 Å². The van der Waals surface area contributed by atoms with Crippen molar-refractivity contribution >= 4 is 11.6 Å². The molecular formula is C11H7ClF4N2. The van der Waals surface area contributed by atoms with Crippen LogP contribution in [0.15, 0.2) is 24.3 Å². The van der Waals surface area contributed by atoms with E-state index < -0.39 is 17.7 Å². The van der Waals surface area contributed by atoms with Crippen LogP contribution in [0.3, 0.4) is 0 Å². The molecule has 0 spiro atoms. The molecule has 0 aliphatic heterocycles. The number of aryl methyl sites for hydroxylation is 1. The Labute approximate surface area is 105 Å². The number of hydrogen-bond acceptors (Lipinski definition) is 1. The van der Waals surface area contributed by atoms with Gasteiger partial charge in [0.2, 0.25) is 0 Å². The standard InChI is InChI=1S/C11H7ClF4N2/c1-6-4-7(13)2-3-8(6)18-10(12)5-9(17-18)11(14,15)16/h2-5H,1H3. The molecule has 18 heavy (non-hydrogen) atoms. The van der Waals surface area contributed by atoms with Gasteiger partial charge in [0.25, 0.3) is 0 Å². The van der Waals surface area contributed by atoms with Crippen molar-refractivity contribution < 1.29 is 17.6 Å². The molecule has 0 aliphatic carbocycles. The molecule has 0 radical (unpaired) electrons. The largest absolute Gasteiger partial charge is 0.435 e. The van der Waals surface area contributed by atoms with Crippen molar-refractivity contribution in [3.05, 3.63) is 46.5 Å². The van der Waals surface area contributed by atoms with E-state index in [1.54, 1.807) is 6.92 Å². The molecule has 0 atom stereocenters. The van der Waals surface area contributed by atoms with Gasteiger partial charge >= 0.3 is 6.18 Å². The Balaban J connectivity index is 2.55. The zero-order valence-corrected chi connectivity index (χ0v) is 9.85. The minimum atomic E-state index is -4.57. The third kappa shape index (κ3) is 2.33. The second kappa shape index (κ2) is 4.28. The van der Waals surface area contributed by atoms with E-state index in [9.17, 15) is 17.6 Å². The molecule has 0 N–H and O–H groups in total. The predicted octanol–water partition coefficient (Wildman–Crippen LogP) is 3.99. The molecule has 0 saturated heterocycles. The molecule has 0 bridgehead atoms. The number of hydrogen-bond donors (Lipinski definition) is 0. The minimum absolute atomic E-state index is 0.183. The summed E-state index contributed by atoms with van der Waals surface area (Å²) in [7, 11) is 0. The fraction of sp³-hybridized carbons (Fsp3) is 0.182. The Kier molecular flexibility index (Phi) is 3.06. The lowest BCUT2D eigenvalue weighted by Gasteiger charge is -2.07. The average molecular weight is 279 g/mol. The van der Waals surface area contributed by atoms with E-state index in [0.717, 1.165) is 16.8 Å². The van der Waals surface area contributed by atoms with Crippen molar-refractivity contribution in [2.45, 2.75) is 13.1 Å². The van der Waals surface area contributed by atoms with Gasteiger partial charge in [0.1, 0.15) is 11.0 Å². The number of rotatable bonds is 1. The summed E-state index contributed by atoms with van der Waals surface area (Å²) in [5.74, 6) is -0.476. The third-order valence-corrected chi connectivity index (χ3v) is 2.61. The molecule has 1 heterocycles. The molecule has 2 nitrogen and oxygen atoms in total. The Morgan fingerprint density at radius 1 is 1.22 bits per heavy atom. The number of benzene rings is 1. The van der Waals surface area contributed by atoms with E-state index in [4.69, 9.17) is 11.6 Å². The quantitative estimate of drug-likeness (QED) is 0.721. The topological polar surface area (TPSA) is 17.8 Å². The van der Waals surface area contributed by atoms with Gasteiger partial charge in [-0.3, -0.25) is 0 Å². The summed E-state index contributed by atoms with van der Waals surface area (Å²) in [5.41, 5.74) is -0.346. The van der Waals surface area contributed by atoms with Gasteiger partial charge in [0, 0.05) is 6.07 Å². The summed E-state index contributed by atoms with van der Waals surface area (Å²) in [6.45, 7) is 1.56. The Bertz CT molecular complexity index is 589. The van der Waals surface area contributed by atoms with Gasteiger partial charge in [-0.15, -0.1) is 0 Å². The van der Waals surface area contributed by atoms with E-state index in [-0.39, 0.29) is 5.15 Å². The van der Waals surface area contributed by atoms with Gasteiger partial charge in [0.15, 0.2) is 5.69 Å². The molecule has 1 aromatic heterocycles. The van der Waals surface area contributed by atoms with Gasteiger partial charge in [-0.2, -0.15) is 18.3 Å². The average Bonchev–Trinajstić information content (AvgIpc) is 2.60. The van der Waals surface area contributed by atoms with E-state index in [1.165, 1.54) is 12.1 Å². The van der Waals surface area contributed by atoms with Crippen molar-refractivity contribution in [3.8, 4) is 5.69 Å². The maximum Gasteiger partial charge on any atom is 0.435 e. The molecule has 0 aliphatic rings. The van der Waals surface area contributed by atoms with Crippen molar-refractivity contribution in [3.63, 3.8) is 0 Å². The molecule has 0 saturated carbocycles. The van der Waals surface area contributed by atoms with Crippen molar-refractivity contribution in [2.24, 2.45) is 0 Å². The maximum atomic E-state index is 12.9. The second-order valence-electron chi connectivity index (χ2n) is 3.69. The molecule has 0 fully saturated rings. The number of alkyl halides is 3. The maximum absolute atomic E-state index is 12.9. The summed E-state index contributed by atoms with van der Waals surface area (Å²) in [4.78, 5) is 0. The van der Waals surface area contributed by atoms with E-state index in [2.05, 4.69) is 5.10 Å². The highest BCUT2D eigenvalue weighted by atomic mass is 35.5. The molecule has 2 rings (SSSR count). The summed E-state index contributed by atoms with van der Waals surface area (Å²) in [5, 5.41) is 3.20. The van der Waals surface area contributed by atoms with E-state index in [0.29, 0.717) is 11.3 Å². The Morgan fingerprint density at radius 3 is 2.39 bits per heavy atom. The monoisotopic (exact) mass is 278 g/mol. The first-order chi connectivity index (χ1) is 8.29. The summed E-state index contributed by atoms with van der Waals surface area (Å²) in [6.07, 6.45) is -4.57. The molecule has 2 aromatic rings. The molecular weight excluding hydrogens is 272 g/mol. The van der Waals surface area contributed by atoms with Crippen LogP contribution in [-0.2, 0) is 6.18 Å². The molecule has 7 heteroatoms. The van der Waals surface area contributed by atoms with Crippen molar-refractivity contribution in [1.29, 1.82) is 0 Å². The smallest absolute Gasteiger partial charge is 0.221 e. The molecule has 96 valence electrons. The van der Waals surface area contributed by atoms with Crippen LogP contribution in [0.5, 0.6) is 0 Å². The number of aromatic nitrogens is 2. The molecule has 0 unspecified atom stereocenters. The number of nitrogens with zero attached hydrogens (tertiary/aromatic N) is 2. The van der Waals surface area contributed by atoms with Crippen LogP contribution in [-0.4, -0.2) is 9.78 Å². The highest BCUT2D eigenvalue weighted by Crippen LogP contribution is 2.31. The lowest BCUT2D eigenvalue weighted by atomic mass is 10.2.